The lowest BCUT2D eigenvalue weighted by molar-refractivity contribution is 0.122. The molecule has 0 aromatic heterocycles. The van der Waals surface area contributed by atoms with Crippen LogP contribution in [-0.4, -0.2) is 66.7 Å². The van der Waals surface area contributed by atoms with Crippen molar-refractivity contribution >= 4 is 18.1 Å². The topological polar surface area (TPSA) is 58.2 Å². The fourth-order valence-corrected chi connectivity index (χ4v) is 6.01. The van der Waals surface area contributed by atoms with Gasteiger partial charge in [0, 0.05) is 41.6 Å². The molecule has 0 aliphatic heterocycles. The number of hydrogen-bond acceptors (Lipinski definition) is 6. The average Bonchev–Trinajstić information content (AvgIpc) is 2.58. The third-order valence-corrected chi connectivity index (χ3v) is 9.25. The Hall–Kier alpha value is 0.194. The van der Waals surface area contributed by atoms with Gasteiger partial charge in [-0.2, -0.15) is 0 Å². The molecule has 0 fully saturated rings. The molecule has 0 rings (SSSR count). The summed E-state index contributed by atoms with van der Waals surface area (Å²) in [6, 6.07) is 0.890. The van der Waals surface area contributed by atoms with E-state index in [1.807, 2.05) is 0 Å². The fourth-order valence-electron chi connectivity index (χ4n) is 2.65. The molecule has 0 aromatic carbocycles. The van der Waals surface area contributed by atoms with E-state index in [-0.39, 0.29) is 0 Å². The fraction of sp³-hybridized carbons (Fsp3) is 1.00. The van der Waals surface area contributed by atoms with Gasteiger partial charge >= 0.3 is 18.1 Å². The first-order chi connectivity index (χ1) is 11.1. The first-order valence-corrected chi connectivity index (χ1v) is 12.0. The molecule has 0 aliphatic rings. The highest BCUT2D eigenvalue weighted by Gasteiger charge is 2.36. The highest BCUT2D eigenvalue weighted by molar-refractivity contribution is 6.60. The molecule has 0 saturated carbocycles. The van der Waals surface area contributed by atoms with Crippen LogP contribution in [0.5, 0.6) is 0 Å². The molecule has 0 amide bonds. The second-order valence-corrected chi connectivity index (χ2v) is 11.7. The van der Waals surface area contributed by atoms with Crippen molar-refractivity contribution in [3.8, 4) is 0 Å². The Morgan fingerprint density at radius 3 is 1.91 bits per heavy atom. The van der Waals surface area contributed by atoms with Crippen LogP contribution < -0.4 is 5.32 Å². The van der Waals surface area contributed by atoms with E-state index in [1.54, 1.807) is 35.5 Å². The molecule has 1 unspecified atom stereocenters. The van der Waals surface area contributed by atoms with Crippen molar-refractivity contribution in [3.63, 3.8) is 0 Å². The van der Waals surface area contributed by atoms with Gasteiger partial charge in [0.05, 0.1) is 0 Å². The normalized spacial score (nSPS) is 13.7. The van der Waals surface area contributed by atoms with Gasteiger partial charge in [0.25, 0.3) is 0 Å². The Kier molecular flexibility index (Phi) is 14.7. The van der Waals surface area contributed by atoms with Crippen LogP contribution in [-0.2, 0) is 22.1 Å². The highest BCUT2D eigenvalue weighted by Crippen LogP contribution is 2.17. The van der Waals surface area contributed by atoms with Crippen molar-refractivity contribution in [1.82, 2.24) is 5.32 Å². The molecular weight excluding hydrogens is 330 g/mol. The summed E-state index contributed by atoms with van der Waals surface area (Å²) in [5.74, 6) is 0. The molecule has 6 nitrogen and oxygen atoms in total. The summed E-state index contributed by atoms with van der Waals surface area (Å²) in [6.07, 6.45) is 5.81. The minimum absolute atomic E-state index is 0.535. The minimum Gasteiger partial charge on any atom is -0.400 e. The Balaban J connectivity index is 3.53. The van der Waals surface area contributed by atoms with Gasteiger partial charge in [-0.25, -0.2) is 0 Å². The van der Waals surface area contributed by atoms with E-state index in [9.17, 15) is 0 Å². The lowest BCUT2D eigenvalue weighted by atomic mass is 10.2. The Morgan fingerprint density at radius 1 is 0.826 bits per heavy atom. The molecule has 0 spiro atoms. The monoisotopic (exact) mass is 367 g/mol. The summed E-state index contributed by atoms with van der Waals surface area (Å²) in [4.78, 5) is 0. The van der Waals surface area contributed by atoms with Crippen molar-refractivity contribution < 1.29 is 22.1 Å². The maximum Gasteiger partial charge on any atom is 0.500 e. The molecule has 140 valence electrons. The summed E-state index contributed by atoms with van der Waals surface area (Å²) < 4.78 is 27.1. The summed E-state index contributed by atoms with van der Waals surface area (Å²) in [7, 11) is 4.69. The van der Waals surface area contributed by atoms with Gasteiger partial charge in [-0.15, -0.1) is 0 Å². The quantitative estimate of drug-likeness (QED) is 0.334. The van der Waals surface area contributed by atoms with Crippen LogP contribution in [0.4, 0.5) is 0 Å². The molecule has 0 saturated heterocycles. The zero-order valence-corrected chi connectivity index (χ0v) is 18.0. The molecule has 1 N–H and O–H groups in total. The molecule has 23 heavy (non-hydrogen) atoms. The molecule has 0 aromatic rings. The third-order valence-electron chi connectivity index (χ3n) is 4.23. The van der Waals surface area contributed by atoms with E-state index in [1.165, 1.54) is 19.3 Å². The lowest BCUT2D eigenvalue weighted by Gasteiger charge is -2.24. The van der Waals surface area contributed by atoms with Crippen LogP contribution in [0.15, 0.2) is 0 Å². The van der Waals surface area contributed by atoms with Crippen LogP contribution in [0.3, 0.4) is 0 Å². The van der Waals surface area contributed by atoms with Crippen LogP contribution in [0.1, 0.15) is 39.0 Å². The van der Waals surface area contributed by atoms with Gasteiger partial charge in [0.15, 0.2) is 0 Å². The molecule has 0 bridgehead atoms. The molecule has 1 atom stereocenters. The van der Waals surface area contributed by atoms with Gasteiger partial charge in [-0.1, -0.05) is 19.8 Å². The molecule has 0 radical (unpaired) electrons. The van der Waals surface area contributed by atoms with E-state index < -0.39 is 18.1 Å². The molecule has 0 heterocycles. The molecule has 8 heteroatoms. The highest BCUT2D eigenvalue weighted by atomic mass is 28.4. The third kappa shape index (κ3) is 9.93. The number of hydrogen-bond donors (Lipinski definition) is 1. The minimum atomic E-state index is -2.36. The lowest BCUT2D eigenvalue weighted by Crippen LogP contribution is -2.42. The second-order valence-electron chi connectivity index (χ2n) is 5.82. The second kappa shape index (κ2) is 14.5. The van der Waals surface area contributed by atoms with Gasteiger partial charge in [-0.3, -0.25) is 0 Å². The van der Waals surface area contributed by atoms with Crippen LogP contribution in [0.2, 0.25) is 11.6 Å². The molecule has 0 aliphatic carbocycles. The van der Waals surface area contributed by atoms with Gasteiger partial charge in [0.1, 0.15) is 0 Å². The van der Waals surface area contributed by atoms with Crippen molar-refractivity contribution in [2.45, 2.75) is 50.6 Å². The van der Waals surface area contributed by atoms with E-state index in [4.69, 9.17) is 22.1 Å². The standard InChI is InChI=1S/C15H37NO5Si2/c1-15(22(17-2)18-3)11-13-16-12-9-7-8-10-14-23(19-4,20-5)21-6/h15-16,22H,7-14H2,1-6H3. The van der Waals surface area contributed by atoms with Crippen molar-refractivity contribution in [1.29, 1.82) is 0 Å². The van der Waals surface area contributed by atoms with Crippen molar-refractivity contribution in [3.05, 3.63) is 0 Å². The maximum atomic E-state index is 5.42. The average molecular weight is 368 g/mol. The van der Waals surface area contributed by atoms with E-state index >= 15 is 0 Å². The summed E-state index contributed by atoms with van der Waals surface area (Å²) in [5.41, 5.74) is 0.535. The first kappa shape index (κ1) is 23.2. The summed E-state index contributed by atoms with van der Waals surface area (Å²) in [5, 5.41) is 3.51. The smallest absolute Gasteiger partial charge is 0.400 e. The number of unbranched alkanes of at least 4 members (excludes halogenated alkanes) is 3. The van der Waals surface area contributed by atoms with Crippen LogP contribution in [0, 0.1) is 0 Å². The maximum absolute atomic E-state index is 5.42. The van der Waals surface area contributed by atoms with Gasteiger partial charge in [-0.05, 0) is 37.9 Å². The summed E-state index contributed by atoms with van der Waals surface area (Å²) >= 11 is 0. The van der Waals surface area contributed by atoms with Crippen LogP contribution >= 0.6 is 0 Å². The summed E-state index contributed by atoms with van der Waals surface area (Å²) in [6.45, 7) is 4.31. The Morgan fingerprint density at radius 2 is 1.39 bits per heavy atom. The van der Waals surface area contributed by atoms with E-state index in [0.717, 1.165) is 32.0 Å². The van der Waals surface area contributed by atoms with Crippen molar-refractivity contribution in [2.24, 2.45) is 0 Å². The zero-order valence-electron chi connectivity index (χ0n) is 15.9. The molecular formula is C15H37NO5Si2. The van der Waals surface area contributed by atoms with E-state index in [2.05, 4.69) is 12.2 Å². The SMILES string of the molecule is CO[SiH](OC)C(C)CCNCCCCCC[Si](OC)(OC)OC. The largest absolute Gasteiger partial charge is 0.500 e. The predicted octanol–water partition coefficient (Wildman–Crippen LogP) is 2.31. The number of nitrogens with one attached hydrogen (secondary N) is 1. The Bertz CT molecular complexity index is 258. The van der Waals surface area contributed by atoms with Gasteiger partial charge < -0.3 is 27.4 Å². The van der Waals surface area contributed by atoms with Crippen LogP contribution in [0.25, 0.3) is 0 Å². The first-order valence-electron chi connectivity index (χ1n) is 8.50. The zero-order chi connectivity index (χ0) is 17.6. The number of rotatable bonds is 16. The predicted molar refractivity (Wildman–Crippen MR) is 98.1 cm³/mol. The Labute approximate surface area is 145 Å². The van der Waals surface area contributed by atoms with Gasteiger partial charge in [0.2, 0.25) is 0 Å². The van der Waals surface area contributed by atoms with Crippen molar-refractivity contribution in [2.75, 3.05) is 48.6 Å². The van der Waals surface area contributed by atoms with E-state index in [0.29, 0.717) is 5.54 Å².